The fourth-order valence-electron chi connectivity index (χ4n) is 1.99. The lowest BCUT2D eigenvalue weighted by Crippen LogP contribution is -2.45. The van der Waals surface area contributed by atoms with Crippen molar-refractivity contribution in [2.24, 2.45) is 0 Å². The molecule has 0 aromatic heterocycles. The van der Waals surface area contributed by atoms with Gasteiger partial charge >= 0.3 is 0 Å². The molecule has 0 aliphatic carbocycles. The highest BCUT2D eigenvalue weighted by molar-refractivity contribution is 5.89. The molecule has 0 fully saturated rings. The number of hydrogen-bond acceptors (Lipinski definition) is 3. The number of dihydropyridines is 1. The van der Waals surface area contributed by atoms with E-state index < -0.39 is 29.5 Å². The molecule has 121 valence electrons. The quantitative estimate of drug-likeness (QED) is 0.756. The monoisotopic (exact) mass is 320 g/mol. The van der Waals surface area contributed by atoms with E-state index in [0.717, 1.165) is 18.2 Å². The molecular weight excluding hydrogens is 304 g/mol. The summed E-state index contributed by atoms with van der Waals surface area (Å²) in [5.41, 5.74) is 0.715. The van der Waals surface area contributed by atoms with Gasteiger partial charge in [-0.15, -0.1) is 0 Å². The summed E-state index contributed by atoms with van der Waals surface area (Å²) in [6.07, 6.45) is 5.91. The van der Waals surface area contributed by atoms with Crippen LogP contribution in [0.4, 0.5) is 8.78 Å². The van der Waals surface area contributed by atoms with E-state index in [1.54, 1.807) is 12.3 Å². The fourth-order valence-corrected chi connectivity index (χ4v) is 1.99. The second-order valence-corrected chi connectivity index (χ2v) is 5.05. The summed E-state index contributed by atoms with van der Waals surface area (Å²) < 4.78 is 26.1. The second-order valence-electron chi connectivity index (χ2n) is 5.05. The number of allylic oxidation sites excluding steroid dienone is 1. The Bertz CT molecular complexity index is 651. The molecule has 1 heterocycles. The first-order chi connectivity index (χ1) is 10.9. The van der Waals surface area contributed by atoms with Gasteiger partial charge in [-0.2, -0.15) is 0 Å². The van der Waals surface area contributed by atoms with Gasteiger partial charge in [-0.3, -0.25) is 9.59 Å². The number of carbonyl (C=O) groups is 2. The number of nitrogens with one attached hydrogen (secondary N) is 3. The smallest absolute Gasteiger partial charge is 0.246 e. The molecule has 2 rings (SSSR count). The van der Waals surface area contributed by atoms with Crippen LogP contribution in [0.2, 0.25) is 0 Å². The zero-order valence-electron chi connectivity index (χ0n) is 12.5. The summed E-state index contributed by atoms with van der Waals surface area (Å²) in [6, 6.07) is 2.09. The van der Waals surface area contributed by atoms with Gasteiger partial charge in [0.15, 0.2) is 0 Å². The Morgan fingerprint density at radius 3 is 2.61 bits per heavy atom. The van der Waals surface area contributed by atoms with E-state index >= 15 is 0 Å². The van der Waals surface area contributed by atoms with E-state index in [0.29, 0.717) is 12.2 Å². The maximum atomic E-state index is 13.1. The highest BCUT2D eigenvalue weighted by Crippen LogP contribution is 2.08. The lowest BCUT2D eigenvalue weighted by atomic mass is 10.1. The molecule has 5 nitrogen and oxygen atoms in total. The molecule has 7 heteroatoms. The summed E-state index contributed by atoms with van der Waals surface area (Å²) in [4.78, 5) is 23.8. The third-order valence-corrected chi connectivity index (χ3v) is 3.07. The van der Waals surface area contributed by atoms with Crippen LogP contribution < -0.4 is 16.0 Å². The Morgan fingerprint density at radius 2 is 2.00 bits per heavy atom. The van der Waals surface area contributed by atoms with Gasteiger partial charge in [0.05, 0.1) is 6.42 Å². The highest BCUT2D eigenvalue weighted by Gasteiger charge is 2.17. The van der Waals surface area contributed by atoms with Gasteiger partial charge in [-0.25, -0.2) is 8.78 Å². The minimum absolute atomic E-state index is 0.199. The van der Waals surface area contributed by atoms with Crippen LogP contribution in [0.25, 0.3) is 0 Å². The summed E-state index contributed by atoms with van der Waals surface area (Å²) in [6.45, 7) is 2.10. The van der Waals surface area contributed by atoms with Gasteiger partial charge in [-0.1, -0.05) is 0 Å². The van der Waals surface area contributed by atoms with Crippen LogP contribution in [0, 0.1) is 17.7 Å². The third kappa shape index (κ3) is 5.21. The molecule has 1 aliphatic rings. The van der Waals surface area contributed by atoms with Gasteiger partial charge in [0.1, 0.15) is 17.7 Å². The molecule has 0 spiro atoms. The SMILES string of the molecule is C[C@H](NC(=O)Cc1cc(F)cc(F)c1)C(=O)NC1=CCNC=[C]1. The molecule has 1 aliphatic heterocycles. The topological polar surface area (TPSA) is 70.2 Å². The van der Waals surface area contributed by atoms with Crippen LogP contribution in [-0.4, -0.2) is 24.4 Å². The van der Waals surface area contributed by atoms with Crippen LogP contribution in [-0.2, 0) is 16.0 Å². The van der Waals surface area contributed by atoms with Crippen molar-refractivity contribution in [3.05, 3.63) is 59.4 Å². The van der Waals surface area contributed by atoms with Crippen molar-refractivity contribution in [3.63, 3.8) is 0 Å². The van der Waals surface area contributed by atoms with E-state index in [1.807, 2.05) is 0 Å². The minimum Gasteiger partial charge on any atom is -0.387 e. The van der Waals surface area contributed by atoms with Crippen molar-refractivity contribution < 1.29 is 18.4 Å². The molecule has 1 aromatic carbocycles. The van der Waals surface area contributed by atoms with Gasteiger partial charge in [0.25, 0.3) is 0 Å². The lowest BCUT2D eigenvalue weighted by molar-refractivity contribution is -0.127. The average molecular weight is 320 g/mol. The van der Waals surface area contributed by atoms with Crippen molar-refractivity contribution >= 4 is 11.8 Å². The molecule has 1 atom stereocenters. The first-order valence-electron chi connectivity index (χ1n) is 7.01. The van der Waals surface area contributed by atoms with Crippen molar-refractivity contribution in [2.75, 3.05) is 6.54 Å². The predicted octanol–water partition coefficient (Wildman–Crippen LogP) is 0.932. The molecule has 1 aromatic rings. The normalized spacial score (nSPS) is 14.5. The largest absolute Gasteiger partial charge is 0.387 e. The molecule has 1 radical (unpaired) electrons. The van der Waals surface area contributed by atoms with Crippen molar-refractivity contribution in [1.29, 1.82) is 0 Å². The number of hydrogen-bond donors (Lipinski definition) is 3. The summed E-state index contributed by atoms with van der Waals surface area (Å²) in [5.74, 6) is -2.41. The standard InChI is InChI=1S/C16H16F2N3O2/c1-10(16(23)21-14-2-4-19-5-3-14)20-15(22)8-11-6-12(17)9-13(18)7-11/h2,5-7,9-10,19H,4,8H2,1H3,(H,20,22)(H,21,23)/t10-/m0/s1. The maximum Gasteiger partial charge on any atom is 0.246 e. The molecule has 0 unspecified atom stereocenters. The van der Waals surface area contributed by atoms with Crippen molar-refractivity contribution in [3.8, 4) is 0 Å². The molecule has 0 saturated heterocycles. The first kappa shape index (κ1) is 16.7. The van der Waals surface area contributed by atoms with Crippen LogP contribution in [0.15, 0.2) is 36.2 Å². The molecule has 2 amide bonds. The summed E-state index contributed by atoms with van der Waals surface area (Å²) >= 11 is 0. The molecule has 3 N–H and O–H groups in total. The van der Waals surface area contributed by atoms with Crippen LogP contribution >= 0.6 is 0 Å². The van der Waals surface area contributed by atoms with Crippen LogP contribution in [0.1, 0.15) is 12.5 Å². The second kappa shape index (κ2) is 7.53. The maximum absolute atomic E-state index is 13.1. The Hall–Kier alpha value is -2.70. The predicted molar refractivity (Wildman–Crippen MR) is 79.7 cm³/mol. The Labute approximate surface area is 132 Å². The zero-order valence-corrected chi connectivity index (χ0v) is 12.5. The number of amides is 2. The molecule has 0 bridgehead atoms. The van der Waals surface area contributed by atoms with Crippen molar-refractivity contribution in [1.82, 2.24) is 16.0 Å². The number of benzene rings is 1. The van der Waals surface area contributed by atoms with E-state index in [1.165, 1.54) is 6.92 Å². The number of carbonyl (C=O) groups excluding carboxylic acids is 2. The summed E-state index contributed by atoms with van der Waals surface area (Å²) in [5, 5.41) is 7.98. The lowest BCUT2D eigenvalue weighted by Gasteiger charge is -2.16. The van der Waals surface area contributed by atoms with E-state index in [-0.39, 0.29) is 12.0 Å². The van der Waals surface area contributed by atoms with Gasteiger partial charge < -0.3 is 16.0 Å². The zero-order chi connectivity index (χ0) is 16.8. The highest BCUT2D eigenvalue weighted by atomic mass is 19.1. The van der Waals surface area contributed by atoms with Gasteiger partial charge in [0.2, 0.25) is 11.8 Å². The average Bonchev–Trinajstić information content (AvgIpc) is 2.46. The van der Waals surface area contributed by atoms with Gasteiger partial charge in [0, 0.05) is 30.6 Å². The van der Waals surface area contributed by atoms with Crippen molar-refractivity contribution in [2.45, 2.75) is 19.4 Å². The van der Waals surface area contributed by atoms with E-state index in [9.17, 15) is 18.4 Å². The summed E-state index contributed by atoms with van der Waals surface area (Å²) in [7, 11) is 0. The van der Waals surface area contributed by atoms with Gasteiger partial charge in [-0.05, 0) is 30.7 Å². The van der Waals surface area contributed by atoms with E-state index in [2.05, 4.69) is 22.0 Å². The van der Waals surface area contributed by atoms with E-state index in [4.69, 9.17) is 0 Å². The Morgan fingerprint density at radius 1 is 1.30 bits per heavy atom. The van der Waals surface area contributed by atoms with Crippen LogP contribution in [0.3, 0.4) is 0 Å². The third-order valence-electron chi connectivity index (χ3n) is 3.07. The van der Waals surface area contributed by atoms with Crippen LogP contribution in [0.5, 0.6) is 0 Å². The molecular formula is C16H16F2N3O2. The first-order valence-corrected chi connectivity index (χ1v) is 7.01. The number of rotatable bonds is 5. The molecule has 0 saturated carbocycles. The fraction of sp³-hybridized carbons (Fsp3) is 0.250. The minimum atomic E-state index is -0.793. The number of halogens is 2. The Kier molecular flexibility index (Phi) is 5.46. The molecule has 23 heavy (non-hydrogen) atoms. The Balaban J connectivity index is 1.87.